The first-order chi connectivity index (χ1) is 15.4. The molecule has 0 aliphatic carbocycles. The zero-order valence-corrected chi connectivity index (χ0v) is 17.5. The van der Waals surface area contributed by atoms with Crippen LogP contribution in [0.2, 0.25) is 0 Å². The third kappa shape index (κ3) is 4.28. The Morgan fingerprint density at radius 1 is 1.25 bits per heavy atom. The van der Waals surface area contributed by atoms with Crippen molar-refractivity contribution in [3.8, 4) is 5.75 Å². The number of hydrogen-bond donors (Lipinski definition) is 2. The van der Waals surface area contributed by atoms with E-state index < -0.39 is 24.4 Å². The third-order valence-corrected chi connectivity index (χ3v) is 5.05. The number of halogens is 4. The highest BCUT2D eigenvalue weighted by Crippen LogP contribution is 2.38. The average Bonchev–Trinajstić information content (AvgIpc) is 2.78. The number of fused-ring (bicyclic) bond motifs is 1. The van der Waals surface area contributed by atoms with E-state index in [2.05, 4.69) is 20.3 Å². The van der Waals surface area contributed by atoms with E-state index in [4.69, 9.17) is 26.8 Å². The molecule has 4 rings (SSSR count). The van der Waals surface area contributed by atoms with Crippen LogP contribution in [0.1, 0.15) is 5.56 Å². The van der Waals surface area contributed by atoms with Crippen molar-refractivity contribution in [1.29, 1.82) is 0 Å². The predicted molar refractivity (Wildman–Crippen MR) is 116 cm³/mol. The van der Waals surface area contributed by atoms with Crippen LogP contribution in [0.5, 0.6) is 5.75 Å². The van der Waals surface area contributed by atoms with Crippen LogP contribution in [-0.4, -0.2) is 47.9 Å². The lowest BCUT2D eigenvalue weighted by molar-refractivity contribution is -0.0145. The Bertz CT molecular complexity index is 1160. The molecule has 0 saturated heterocycles. The summed E-state index contributed by atoms with van der Waals surface area (Å²) in [5.41, 5.74) is 3.90. The molecular weight excluding hydrogens is 447 g/mol. The van der Waals surface area contributed by atoms with Crippen molar-refractivity contribution < 1.29 is 22.6 Å². The maximum Gasteiger partial charge on any atom is 0.269 e. The number of pyridine rings is 2. The molecule has 11 heteroatoms. The second-order valence-corrected chi connectivity index (χ2v) is 7.46. The molecule has 32 heavy (non-hydrogen) atoms. The van der Waals surface area contributed by atoms with Gasteiger partial charge in [-0.1, -0.05) is 0 Å². The van der Waals surface area contributed by atoms with E-state index in [1.165, 1.54) is 18.3 Å². The van der Waals surface area contributed by atoms with E-state index in [-0.39, 0.29) is 18.0 Å². The highest BCUT2D eigenvalue weighted by molar-refractivity contribution is 6.18. The predicted octanol–water partition coefficient (Wildman–Crippen LogP) is 3.98. The Labute approximate surface area is 186 Å². The van der Waals surface area contributed by atoms with Gasteiger partial charge in [0.25, 0.3) is 6.43 Å². The SMILES string of the molecule is NC1=N[C@](c2cc(Nc3nccc4cc(OCCCl)cnc34)ccc2F)(C(F)F)COC1. The van der Waals surface area contributed by atoms with Gasteiger partial charge in [-0.05, 0) is 30.3 Å². The Kier molecular flexibility index (Phi) is 6.33. The van der Waals surface area contributed by atoms with E-state index in [0.717, 1.165) is 11.5 Å². The van der Waals surface area contributed by atoms with Crippen LogP contribution in [0.25, 0.3) is 10.9 Å². The van der Waals surface area contributed by atoms with Gasteiger partial charge in [0.15, 0.2) is 11.4 Å². The highest BCUT2D eigenvalue weighted by atomic mass is 35.5. The Morgan fingerprint density at radius 3 is 2.84 bits per heavy atom. The second-order valence-electron chi connectivity index (χ2n) is 7.08. The molecule has 0 unspecified atom stereocenters. The summed E-state index contributed by atoms with van der Waals surface area (Å²) in [6.07, 6.45) is 0.0540. The third-order valence-electron chi connectivity index (χ3n) is 4.89. The molecule has 168 valence electrons. The van der Waals surface area contributed by atoms with Gasteiger partial charge in [0.1, 0.15) is 36.1 Å². The number of hydrogen-bond acceptors (Lipinski definition) is 7. The van der Waals surface area contributed by atoms with Crippen LogP contribution in [0.4, 0.5) is 24.7 Å². The van der Waals surface area contributed by atoms with E-state index in [1.54, 1.807) is 18.3 Å². The number of nitrogens with one attached hydrogen (secondary N) is 1. The minimum atomic E-state index is -3.03. The number of benzene rings is 1. The molecule has 3 heterocycles. The molecular formula is C21H19ClF3N5O2. The highest BCUT2D eigenvalue weighted by Gasteiger charge is 2.46. The smallest absolute Gasteiger partial charge is 0.269 e. The van der Waals surface area contributed by atoms with E-state index in [0.29, 0.717) is 35.3 Å². The number of amidine groups is 1. The molecule has 1 aliphatic heterocycles. The molecule has 0 amide bonds. The summed E-state index contributed by atoms with van der Waals surface area (Å²) in [6, 6.07) is 7.28. The van der Waals surface area contributed by atoms with Gasteiger partial charge in [0, 0.05) is 22.8 Å². The first kappa shape index (κ1) is 22.1. The Morgan fingerprint density at radius 2 is 2.09 bits per heavy atom. The maximum atomic E-state index is 14.6. The van der Waals surface area contributed by atoms with Crippen LogP contribution in [0.3, 0.4) is 0 Å². The summed E-state index contributed by atoms with van der Waals surface area (Å²) in [7, 11) is 0. The quantitative estimate of drug-likeness (QED) is 0.513. The van der Waals surface area contributed by atoms with Crippen LogP contribution < -0.4 is 15.8 Å². The lowest BCUT2D eigenvalue weighted by Crippen LogP contribution is -2.45. The van der Waals surface area contributed by atoms with Crippen molar-refractivity contribution in [2.75, 3.05) is 31.0 Å². The monoisotopic (exact) mass is 465 g/mol. The van der Waals surface area contributed by atoms with Crippen molar-refractivity contribution in [3.05, 3.63) is 54.1 Å². The number of aromatic nitrogens is 2. The van der Waals surface area contributed by atoms with Crippen LogP contribution in [0.15, 0.2) is 47.7 Å². The molecule has 3 N–H and O–H groups in total. The number of rotatable bonds is 7. The van der Waals surface area contributed by atoms with Crippen LogP contribution in [-0.2, 0) is 10.3 Å². The molecule has 0 radical (unpaired) electrons. The van der Waals surface area contributed by atoms with Gasteiger partial charge in [0.05, 0.1) is 18.7 Å². The lowest BCUT2D eigenvalue weighted by atomic mass is 9.90. The molecule has 0 spiro atoms. The molecule has 2 aromatic heterocycles. The van der Waals surface area contributed by atoms with E-state index in [1.807, 2.05) is 0 Å². The number of nitrogens with two attached hydrogens (primary N) is 1. The fourth-order valence-corrected chi connectivity index (χ4v) is 3.51. The van der Waals surface area contributed by atoms with Crippen molar-refractivity contribution in [3.63, 3.8) is 0 Å². The number of ether oxygens (including phenoxy) is 2. The summed E-state index contributed by atoms with van der Waals surface area (Å²) in [6.45, 7) is -0.243. The average molecular weight is 466 g/mol. The van der Waals surface area contributed by atoms with Gasteiger partial charge in [-0.3, -0.25) is 4.99 Å². The van der Waals surface area contributed by atoms with Crippen molar-refractivity contribution in [2.24, 2.45) is 10.7 Å². The van der Waals surface area contributed by atoms with Crippen LogP contribution >= 0.6 is 11.6 Å². The van der Waals surface area contributed by atoms with Crippen molar-refractivity contribution in [2.45, 2.75) is 12.0 Å². The van der Waals surface area contributed by atoms with E-state index >= 15 is 0 Å². The zero-order valence-electron chi connectivity index (χ0n) is 16.7. The summed E-state index contributed by atoms with van der Waals surface area (Å²) in [5, 5.41) is 3.75. The molecule has 0 bridgehead atoms. The molecule has 0 saturated carbocycles. The number of alkyl halides is 3. The molecule has 3 aromatic rings. The fraction of sp³-hybridized carbons (Fsp3) is 0.286. The largest absolute Gasteiger partial charge is 0.491 e. The number of aliphatic imine (C=N–C) groups is 1. The second kappa shape index (κ2) is 9.17. The minimum Gasteiger partial charge on any atom is -0.491 e. The summed E-state index contributed by atoms with van der Waals surface area (Å²) >= 11 is 5.64. The molecule has 0 fully saturated rings. The first-order valence-electron chi connectivity index (χ1n) is 9.63. The van der Waals surface area contributed by atoms with Gasteiger partial charge in [0.2, 0.25) is 0 Å². The van der Waals surface area contributed by atoms with Crippen molar-refractivity contribution in [1.82, 2.24) is 9.97 Å². The molecule has 1 aromatic carbocycles. The Balaban J connectivity index is 1.70. The zero-order chi connectivity index (χ0) is 22.7. The van der Waals surface area contributed by atoms with Gasteiger partial charge in [-0.25, -0.2) is 23.1 Å². The summed E-state index contributed by atoms with van der Waals surface area (Å²) < 4.78 is 53.4. The molecule has 1 aliphatic rings. The number of anilines is 2. The molecule has 7 nitrogen and oxygen atoms in total. The Hall–Kier alpha value is -3.11. The van der Waals surface area contributed by atoms with Gasteiger partial charge in [-0.2, -0.15) is 0 Å². The van der Waals surface area contributed by atoms with Crippen LogP contribution in [0, 0.1) is 5.82 Å². The first-order valence-corrected chi connectivity index (χ1v) is 10.2. The topological polar surface area (TPSA) is 94.7 Å². The van der Waals surface area contributed by atoms with E-state index in [9.17, 15) is 13.2 Å². The summed E-state index contributed by atoms with van der Waals surface area (Å²) in [4.78, 5) is 12.5. The minimum absolute atomic E-state index is 0.0871. The standard InChI is InChI=1S/C21H19ClF3N5O2/c22-4-6-32-14-7-12-3-5-27-19(18(12)28-9-14)29-13-1-2-16(23)15(8-13)21(20(24)25)11-31-10-17(26)30-21/h1-3,5,7-9,20H,4,6,10-11H2,(H2,26,30)(H,27,29)/t21-/m1/s1. The normalized spacial score (nSPS) is 18.6. The maximum absolute atomic E-state index is 14.6. The van der Waals surface area contributed by atoms with Gasteiger partial charge < -0.3 is 20.5 Å². The van der Waals surface area contributed by atoms with Gasteiger partial charge in [-0.15, -0.1) is 11.6 Å². The van der Waals surface area contributed by atoms with Crippen molar-refractivity contribution >= 4 is 39.8 Å². The number of nitrogens with zero attached hydrogens (tertiary/aromatic N) is 3. The molecule has 1 atom stereocenters. The van der Waals surface area contributed by atoms with Gasteiger partial charge >= 0.3 is 0 Å². The summed E-state index contributed by atoms with van der Waals surface area (Å²) in [5.74, 6) is 0.280. The fourth-order valence-electron chi connectivity index (χ4n) is 3.44. The lowest BCUT2D eigenvalue weighted by Gasteiger charge is -2.33.